The molecule has 0 aromatic heterocycles. The molecule has 6 heteroatoms. The highest BCUT2D eigenvalue weighted by Gasteiger charge is 2.32. The lowest BCUT2D eigenvalue weighted by Crippen LogP contribution is -2.44. The van der Waals surface area contributed by atoms with Crippen molar-refractivity contribution in [3.05, 3.63) is 72.3 Å². The molecule has 1 saturated heterocycles. The van der Waals surface area contributed by atoms with Crippen LogP contribution < -0.4 is 10.6 Å². The summed E-state index contributed by atoms with van der Waals surface area (Å²) < 4.78 is 0. The Morgan fingerprint density at radius 1 is 0.758 bits per heavy atom. The van der Waals surface area contributed by atoms with E-state index < -0.39 is 0 Å². The third kappa shape index (κ3) is 4.75. The highest BCUT2D eigenvalue weighted by molar-refractivity contribution is 6.08. The summed E-state index contributed by atoms with van der Waals surface area (Å²) in [5.41, 5.74) is 1.78. The first-order valence-corrected chi connectivity index (χ1v) is 11.6. The van der Waals surface area contributed by atoms with Crippen molar-refractivity contribution in [2.24, 2.45) is 11.8 Å². The normalized spacial score (nSPS) is 18.1. The van der Waals surface area contributed by atoms with E-state index in [0.29, 0.717) is 24.3 Å². The van der Waals surface area contributed by atoms with E-state index in [1.165, 1.54) is 0 Å². The molecule has 1 aliphatic carbocycles. The molecule has 0 spiro atoms. The Bertz CT molecular complexity index is 1200. The van der Waals surface area contributed by atoms with Crippen LogP contribution in [0.2, 0.25) is 0 Å². The van der Waals surface area contributed by atoms with Crippen LogP contribution in [0.25, 0.3) is 10.8 Å². The van der Waals surface area contributed by atoms with E-state index in [1.807, 2.05) is 66.7 Å². The van der Waals surface area contributed by atoms with Crippen LogP contribution in [0, 0.1) is 11.8 Å². The number of piperidine rings is 1. The van der Waals surface area contributed by atoms with E-state index in [9.17, 15) is 14.4 Å². The minimum atomic E-state index is -0.270. The second-order valence-electron chi connectivity index (χ2n) is 8.95. The van der Waals surface area contributed by atoms with Gasteiger partial charge in [-0.15, -0.1) is 0 Å². The number of hydrogen-bond acceptors (Lipinski definition) is 3. The van der Waals surface area contributed by atoms with Crippen molar-refractivity contribution in [1.29, 1.82) is 0 Å². The molecule has 3 amide bonds. The van der Waals surface area contributed by atoms with Gasteiger partial charge in [0.25, 0.3) is 5.91 Å². The summed E-state index contributed by atoms with van der Waals surface area (Å²) in [6, 6.07) is 20.9. The van der Waals surface area contributed by atoms with Gasteiger partial charge in [-0.1, -0.05) is 42.5 Å². The number of hydrogen-bond donors (Lipinski definition) is 2. The highest BCUT2D eigenvalue weighted by atomic mass is 16.2. The van der Waals surface area contributed by atoms with Gasteiger partial charge in [-0.3, -0.25) is 14.4 Å². The highest BCUT2D eigenvalue weighted by Crippen LogP contribution is 2.33. The molecular formula is C27H27N3O3. The molecule has 0 radical (unpaired) electrons. The van der Waals surface area contributed by atoms with Gasteiger partial charge in [0.15, 0.2) is 0 Å². The van der Waals surface area contributed by atoms with E-state index in [-0.39, 0.29) is 29.6 Å². The molecule has 1 unspecified atom stereocenters. The predicted molar refractivity (Wildman–Crippen MR) is 129 cm³/mol. The molecule has 0 bridgehead atoms. The maximum absolute atomic E-state index is 13.6. The number of benzene rings is 3. The van der Waals surface area contributed by atoms with Crippen molar-refractivity contribution in [1.82, 2.24) is 4.90 Å². The number of amides is 3. The SMILES string of the molecule is O=C(Nc1ccccc1)C1CCCN(C(=O)c2cc3ccccc3cc2NC(=O)C2CC2)C1. The van der Waals surface area contributed by atoms with Crippen LogP contribution in [0.1, 0.15) is 36.0 Å². The van der Waals surface area contributed by atoms with Gasteiger partial charge in [-0.25, -0.2) is 0 Å². The lowest BCUT2D eigenvalue weighted by molar-refractivity contribution is -0.121. The smallest absolute Gasteiger partial charge is 0.256 e. The first-order valence-electron chi connectivity index (χ1n) is 11.6. The van der Waals surface area contributed by atoms with Crippen molar-refractivity contribution in [3.8, 4) is 0 Å². The molecule has 2 N–H and O–H groups in total. The zero-order valence-corrected chi connectivity index (χ0v) is 18.4. The Morgan fingerprint density at radius 2 is 1.42 bits per heavy atom. The fourth-order valence-corrected chi connectivity index (χ4v) is 4.41. The molecule has 3 aromatic rings. The van der Waals surface area contributed by atoms with Gasteiger partial charge in [-0.05, 0) is 60.7 Å². The molecule has 5 rings (SSSR count). The van der Waals surface area contributed by atoms with Gasteiger partial charge in [0.2, 0.25) is 11.8 Å². The van der Waals surface area contributed by atoms with Gasteiger partial charge in [0.1, 0.15) is 0 Å². The molecule has 1 aliphatic heterocycles. The number of likely N-dealkylation sites (tertiary alicyclic amines) is 1. The fraction of sp³-hybridized carbons (Fsp3) is 0.296. The van der Waals surface area contributed by atoms with Gasteiger partial charge >= 0.3 is 0 Å². The Balaban J connectivity index is 1.37. The van der Waals surface area contributed by atoms with E-state index in [2.05, 4.69) is 10.6 Å². The summed E-state index contributed by atoms with van der Waals surface area (Å²) in [6.45, 7) is 0.955. The first kappa shape index (κ1) is 21.2. The molecular weight excluding hydrogens is 414 g/mol. The quantitative estimate of drug-likeness (QED) is 0.604. The summed E-state index contributed by atoms with van der Waals surface area (Å²) in [5.74, 6) is -0.477. The average Bonchev–Trinajstić information content (AvgIpc) is 3.70. The summed E-state index contributed by atoms with van der Waals surface area (Å²) in [5, 5.41) is 7.86. The van der Waals surface area contributed by atoms with Crippen LogP contribution in [0.5, 0.6) is 0 Å². The van der Waals surface area contributed by atoms with Crippen molar-refractivity contribution in [2.75, 3.05) is 23.7 Å². The summed E-state index contributed by atoms with van der Waals surface area (Å²) in [7, 11) is 0. The summed E-state index contributed by atoms with van der Waals surface area (Å²) in [6.07, 6.45) is 3.29. The maximum Gasteiger partial charge on any atom is 0.256 e. The molecule has 168 valence electrons. The van der Waals surface area contributed by atoms with E-state index in [1.54, 1.807) is 4.90 Å². The summed E-state index contributed by atoms with van der Waals surface area (Å²) in [4.78, 5) is 40.7. The number of para-hydroxylation sites is 1. The minimum absolute atomic E-state index is 0.0295. The fourth-order valence-electron chi connectivity index (χ4n) is 4.41. The van der Waals surface area contributed by atoms with Crippen LogP contribution in [0.4, 0.5) is 11.4 Å². The molecule has 1 heterocycles. The third-order valence-corrected chi connectivity index (χ3v) is 6.44. The molecule has 6 nitrogen and oxygen atoms in total. The monoisotopic (exact) mass is 441 g/mol. The Hall–Kier alpha value is -3.67. The Morgan fingerprint density at radius 3 is 2.15 bits per heavy atom. The largest absolute Gasteiger partial charge is 0.338 e. The van der Waals surface area contributed by atoms with E-state index in [4.69, 9.17) is 0 Å². The second-order valence-corrected chi connectivity index (χ2v) is 8.95. The van der Waals surface area contributed by atoms with Crippen LogP contribution in [0.3, 0.4) is 0 Å². The van der Waals surface area contributed by atoms with Crippen LogP contribution in [-0.2, 0) is 9.59 Å². The number of carbonyl (C=O) groups is 3. The minimum Gasteiger partial charge on any atom is -0.338 e. The Labute approximate surface area is 193 Å². The second kappa shape index (κ2) is 9.06. The van der Waals surface area contributed by atoms with Crippen molar-refractivity contribution in [3.63, 3.8) is 0 Å². The summed E-state index contributed by atoms with van der Waals surface area (Å²) >= 11 is 0. The van der Waals surface area contributed by atoms with Gasteiger partial charge in [0, 0.05) is 24.7 Å². The standard InChI is InChI=1S/C27H27N3O3/c31-25(18-12-13-18)29-24-16-20-8-5-4-7-19(20)15-23(24)27(33)30-14-6-9-21(17-30)26(32)28-22-10-2-1-3-11-22/h1-5,7-8,10-11,15-16,18,21H,6,9,12-14,17H2,(H,28,32)(H,29,31). The molecule has 1 atom stereocenters. The van der Waals surface area contributed by atoms with E-state index in [0.717, 1.165) is 42.1 Å². The van der Waals surface area contributed by atoms with E-state index >= 15 is 0 Å². The van der Waals surface area contributed by atoms with Crippen molar-refractivity contribution < 1.29 is 14.4 Å². The van der Waals surface area contributed by atoms with Crippen molar-refractivity contribution >= 4 is 39.9 Å². The Kier molecular flexibility index (Phi) is 5.82. The topological polar surface area (TPSA) is 78.5 Å². The third-order valence-electron chi connectivity index (χ3n) is 6.44. The zero-order chi connectivity index (χ0) is 22.8. The molecule has 2 fully saturated rings. The molecule has 1 saturated carbocycles. The van der Waals surface area contributed by atoms with Gasteiger partial charge in [-0.2, -0.15) is 0 Å². The van der Waals surface area contributed by atoms with Crippen molar-refractivity contribution in [2.45, 2.75) is 25.7 Å². The van der Waals surface area contributed by atoms with Crippen LogP contribution >= 0.6 is 0 Å². The number of carbonyl (C=O) groups excluding carboxylic acids is 3. The van der Waals surface area contributed by atoms with Gasteiger partial charge in [0.05, 0.1) is 17.2 Å². The van der Waals surface area contributed by atoms with Gasteiger partial charge < -0.3 is 15.5 Å². The maximum atomic E-state index is 13.6. The molecule has 3 aromatic carbocycles. The predicted octanol–water partition coefficient (Wildman–Crippen LogP) is 4.68. The number of fused-ring (bicyclic) bond motifs is 1. The number of rotatable bonds is 5. The zero-order valence-electron chi connectivity index (χ0n) is 18.4. The first-order chi connectivity index (χ1) is 16.1. The lowest BCUT2D eigenvalue weighted by Gasteiger charge is -2.32. The number of nitrogens with zero attached hydrogens (tertiary/aromatic N) is 1. The molecule has 2 aliphatic rings. The number of anilines is 2. The average molecular weight is 442 g/mol. The van der Waals surface area contributed by atoms with Crippen LogP contribution in [0.15, 0.2) is 66.7 Å². The molecule has 33 heavy (non-hydrogen) atoms. The van der Waals surface area contributed by atoms with Crippen LogP contribution in [-0.4, -0.2) is 35.7 Å². The number of nitrogens with one attached hydrogen (secondary N) is 2. The lowest BCUT2D eigenvalue weighted by atomic mass is 9.95.